The van der Waals surface area contributed by atoms with E-state index in [9.17, 15) is 8.42 Å². The molecule has 4 heteroatoms. The molecule has 1 unspecified atom stereocenters. The van der Waals surface area contributed by atoms with Crippen molar-refractivity contribution in [2.75, 3.05) is 0 Å². The number of benzene rings is 2. The second-order valence-electron chi connectivity index (χ2n) is 4.79. The second-order valence-corrected chi connectivity index (χ2v) is 7.87. The highest BCUT2D eigenvalue weighted by Gasteiger charge is 2.48. The zero-order valence-electron chi connectivity index (χ0n) is 10.2. The molecule has 2 nitrogen and oxygen atoms in total. The molecule has 2 aromatic rings. The number of hydrogen-bond donors (Lipinski definition) is 0. The Morgan fingerprint density at radius 1 is 0.947 bits per heavy atom. The molecule has 0 aliphatic heterocycles. The van der Waals surface area contributed by atoms with Crippen LogP contribution in [0.4, 0.5) is 0 Å². The Hall–Kier alpha value is -1.13. The summed E-state index contributed by atoms with van der Waals surface area (Å²) in [6, 6.07) is 16.7. The zero-order chi connectivity index (χ0) is 13.5. The molecule has 1 saturated carbocycles. The fourth-order valence-corrected chi connectivity index (χ4v) is 4.54. The first-order valence-corrected chi connectivity index (χ1v) is 8.47. The van der Waals surface area contributed by atoms with Crippen molar-refractivity contribution in [1.29, 1.82) is 0 Å². The zero-order valence-corrected chi connectivity index (χ0v) is 12.6. The maximum atomic E-state index is 12.5. The van der Waals surface area contributed by atoms with E-state index in [2.05, 4.69) is 15.9 Å². The summed E-state index contributed by atoms with van der Waals surface area (Å²) >= 11 is 3.32. The minimum absolute atomic E-state index is 0.148. The summed E-state index contributed by atoms with van der Waals surface area (Å²) in [6.07, 6.45) is 0.725. The van der Waals surface area contributed by atoms with Gasteiger partial charge in [0, 0.05) is 10.4 Å². The lowest BCUT2D eigenvalue weighted by Gasteiger charge is -2.04. The predicted octanol–water partition coefficient (Wildman–Crippen LogP) is 3.78. The lowest BCUT2D eigenvalue weighted by Crippen LogP contribution is -2.09. The molecular weight excluding hydrogens is 324 g/mol. The van der Waals surface area contributed by atoms with E-state index in [-0.39, 0.29) is 11.2 Å². The van der Waals surface area contributed by atoms with E-state index in [4.69, 9.17) is 0 Å². The molecule has 19 heavy (non-hydrogen) atoms. The molecular formula is C15H13BrO2S. The number of hydrogen-bond acceptors (Lipinski definition) is 2. The van der Waals surface area contributed by atoms with Gasteiger partial charge in [0.25, 0.3) is 0 Å². The molecule has 1 fully saturated rings. The molecule has 0 heterocycles. The fraction of sp³-hybridized carbons (Fsp3) is 0.200. The van der Waals surface area contributed by atoms with Crippen LogP contribution in [0.1, 0.15) is 17.9 Å². The molecule has 0 N–H and O–H groups in total. The maximum absolute atomic E-state index is 12.5. The summed E-state index contributed by atoms with van der Waals surface area (Å²) in [5, 5.41) is -0.268. The summed E-state index contributed by atoms with van der Waals surface area (Å²) in [5.74, 6) is 0.148. The molecule has 0 aromatic heterocycles. The Morgan fingerprint density at radius 2 is 1.58 bits per heavy atom. The number of rotatable bonds is 3. The van der Waals surface area contributed by atoms with Gasteiger partial charge >= 0.3 is 0 Å². The third-order valence-electron chi connectivity index (χ3n) is 3.50. The summed E-state index contributed by atoms with van der Waals surface area (Å²) in [4.78, 5) is 0.416. The molecule has 2 aromatic carbocycles. The van der Waals surface area contributed by atoms with E-state index in [1.807, 2.05) is 30.3 Å². The van der Waals surface area contributed by atoms with Crippen LogP contribution in [-0.2, 0) is 9.84 Å². The van der Waals surface area contributed by atoms with Gasteiger partial charge < -0.3 is 0 Å². The Bertz CT molecular complexity index is 678. The Balaban J connectivity index is 1.86. The van der Waals surface area contributed by atoms with Gasteiger partial charge in [-0.25, -0.2) is 8.42 Å². The van der Waals surface area contributed by atoms with Crippen LogP contribution in [0, 0.1) is 0 Å². The third-order valence-corrected chi connectivity index (χ3v) is 6.28. The second kappa shape index (κ2) is 4.76. The van der Waals surface area contributed by atoms with Crippen LogP contribution in [0.2, 0.25) is 0 Å². The first-order valence-electron chi connectivity index (χ1n) is 6.13. The van der Waals surface area contributed by atoms with Gasteiger partial charge in [0.1, 0.15) is 0 Å². The monoisotopic (exact) mass is 336 g/mol. The van der Waals surface area contributed by atoms with Crippen LogP contribution < -0.4 is 0 Å². The van der Waals surface area contributed by atoms with Gasteiger partial charge in [-0.3, -0.25) is 0 Å². The van der Waals surface area contributed by atoms with Gasteiger partial charge in [-0.2, -0.15) is 0 Å². The predicted molar refractivity (Wildman–Crippen MR) is 78.9 cm³/mol. The molecule has 1 aliphatic carbocycles. The van der Waals surface area contributed by atoms with Crippen LogP contribution >= 0.6 is 15.9 Å². The van der Waals surface area contributed by atoms with E-state index in [0.29, 0.717) is 4.90 Å². The van der Waals surface area contributed by atoms with E-state index in [0.717, 1.165) is 16.5 Å². The molecule has 0 saturated heterocycles. The van der Waals surface area contributed by atoms with Crippen molar-refractivity contribution in [1.82, 2.24) is 0 Å². The molecule has 0 amide bonds. The minimum Gasteiger partial charge on any atom is -0.223 e. The Morgan fingerprint density at radius 3 is 2.21 bits per heavy atom. The lowest BCUT2D eigenvalue weighted by molar-refractivity contribution is 0.594. The van der Waals surface area contributed by atoms with Crippen LogP contribution in [0.25, 0.3) is 0 Å². The minimum atomic E-state index is -3.20. The molecule has 0 radical (unpaired) electrons. The van der Waals surface area contributed by atoms with Gasteiger partial charge in [-0.15, -0.1) is 0 Å². The maximum Gasteiger partial charge on any atom is 0.181 e. The van der Waals surface area contributed by atoms with E-state index < -0.39 is 9.84 Å². The quantitative estimate of drug-likeness (QED) is 0.854. The lowest BCUT2D eigenvalue weighted by atomic mass is 10.1. The Kier molecular flexibility index (Phi) is 3.23. The molecule has 0 spiro atoms. The number of halogens is 1. The first kappa shape index (κ1) is 12.9. The van der Waals surface area contributed by atoms with Crippen LogP contribution in [0.5, 0.6) is 0 Å². The smallest absolute Gasteiger partial charge is 0.181 e. The van der Waals surface area contributed by atoms with Crippen molar-refractivity contribution >= 4 is 25.8 Å². The SMILES string of the molecule is O=S(=O)(c1ccc(Br)cc1)C1C[C@@H]1c1ccccc1. The standard InChI is InChI=1S/C15H13BrO2S/c16-12-6-8-13(9-7-12)19(17,18)15-10-14(15)11-4-2-1-3-5-11/h1-9,14-15H,10H2/t14-,15?/m1/s1. The summed E-state index contributed by atoms with van der Waals surface area (Å²) in [5.41, 5.74) is 1.12. The van der Waals surface area contributed by atoms with Crippen LogP contribution in [-0.4, -0.2) is 13.7 Å². The highest BCUT2D eigenvalue weighted by Crippen LogP contribution is 2.47. The topological polar surface area (TPSA) is 34.1 Å². The number of sulfone groups is 1. The van der Waals surface area contributed by atoms with Crippen molar-refractivity contribution < 1.29 is 8.42 Å². The molecule has 1 aliphatic rings. The van der Waals surface area contributed by atoms with Crippen molar-refractivity contribution in [2.45, 2.75) is 22.5 Å². The largest absolute Gasteiger partial charge is 0.223 e. The van der Waals surface area contributed by atoms with E-state index in [1.165, 1.54) is 0 Å². The van der Waals surface area contributed by atoms with Crippen molar-refractivity contribution in [3.05, 3.63) is 64.6 Å². The molecule has 98 valence electrons. The average Bonchev–Trinajstić information content (AvgIpc) is 3.21. The van der Waals surface area contributed by atoms with E-state index in [1.54, 1.807) is 24.3 Å². The van der Waals surface area contributed by atoms with Crippen LogP contribution in [0.3, 0.4) is 0 Å². The fourth-order valence-electron chi connectivity index (χ4n) is 2.36. The van der Waals surface area contributed by atoms with E-state index >= 15 is 0 Å². The molecule has 3 rings (SSSR count). The Labute approximate surface area is 121 Å². The van der Waals surface area contributed by atoms with Crippen molar-refractivity contribution in [3.8, 4) is 0 Å². The first-order chi connectivity index (χ1) is 9.09. The van der Waals surface area contributed by atoms with Crippen molar-refractivity contribution in [2.24, 2.45) is 0 Å². The highest BCUT2D eigenvalue weighted by molar-refractivity contribution is 9.10. The van der Waals surface area contributed by atoms with Gasteiger partial charge in [0.15, 0.2) is 9.84 Å². The van der Waals surface area contributed by atoms with Gasteiger partial charge in [-0.05, 0) is 36.2 Å². The van der Waals surface area contributed by atoms with Gasteiger partial charge in [-0.1, -0.05) is 46.3 Å². The van der Waals surface area contributed by atoms with Gasteiger partial charge in [0.05, 0.1) is 10.1 Å². The average molecular weight is 337 g/mol. The summed E-state index contributed by atoms with van der Waals surface area (Å²) in [6.45, 7) is 0. The normalized spacial score (nSPS) is 22.2. The summed E-state index contributed by atoms with van der Waals surface area (Å²) < 4.78 is 25.8. The highest BCUT2D eigenvalue weighted by atomic mass is 79.9. The molecule has 2 atom stereocenters. The molecule has 0 bridgehead atoms. The van der Waals surface area contributed by atoms with Crippen LogP contribution in [0.15, 0.2) is 64.0 Å². The summed E-state index contributed by atoms with van der Waals surface area (Å²) in [7, 11) is -3.20. The van der Waals surface area contributed by atoms with Crippen molar-refractivity contribution in [3.63, 3.8) is 0 Å². The van der Waals surface area contributed by atoms with Gasteiger partial charge in [0.2, 0.25) is 0 Å². The third kappa shape index (κ3) is 2.47.